The molecule has 1 saturated heterocycles. The molecule has 2 aliphatic rings. The van der Waals surface area contributed by atoms with Gasteiger partial charge in [-0.1, -0.05) is 40.2 Å². The number of nitrogens with one attached hydrogen (secondary N) is 2. The van der Waals surface area contributed by atoms with Crippen LogP contribution in [0, 0.1) is 11.2 Å². The number of hydrogen-bond donors (Lipinski definition) is 6. The molecule has 0 spiro atoms. The Bertz CT molecular complexity index is 2250. The van der Waals surface area contributed by atoms with Crippen LogP contribution in [-0.2, 0) is 37.1 Å². The number of rotatable bonds is 12. The molecule has 2 aliphatic heterocycles. The molecule has 20 heteroatoms. The number of amidine groups is 1. The summed E-state index contributed by atoms with van der Waals surface area (Å²) in [7, 11) is 0. The lowest BCUT2D eigenvalue weighted by atomic mass is 10.0. The first kappa shape index (κ1) is 36.3. The molecule has 0 unspecified atom stereocenters. The van der Waals surface area contributed by atoms with Crippen molar-refractivity contribution in [2.75, 3.05) is 11.5 Å². The highest BCUT2D eigenvalue weighted by Crippen LogP contribution is 2.40. The smallest absolute Gasteiger partial charge is 0.352 e. The quantitative estimate of drug-likeness (QED) is 0.0401. The number of nitrogens with zero attached hydrogens (tertiary/aromatic N) is 5. The number of nitrogens with two attached hydrogens (primary N) is 2. The summed E-state index contributed by atoms with van der Waals surface area (Å²) in [6.07, 6.45) is 5.37. The third kappa shape index (κ3) is 6.89. The standard InChI is InChI=1S/C32H29ClFN9O7S2/c1-32(2,30(48)49)50-40-21(20-24(33)52-31(37)39-20)26(44)38-22-27(45)43-23(29(46)47)17(13-51-28(22)43)11-41-7-6-19-16(10-41)5-8-42(19)12-15-4-3-14(25(35)36)9-18(15)34/h3-10,22,28H,11-13H2,1-2H3,(H7-,35,36,37,38,39,44,46,47,48,49)/p+1/t22-,28-/m1/s1. The molecule has 2 amide bonds. The molecule has 0 radical (unpaired) electrons. The van der Waals surface area contributed by atoms with Gasteiger partial charge in [0.15, 0.2) is 29.8 Å². The van der Waals surface area contributed by atoms with E-state index in [0.29, 0.717) is 11.1 Å². The molecular formula is C32H30ClFN9O7S2+. The van der Waals surface area contributed by atoms with E-state index >= 15 is 0 Å². The van der Waals surface area contributed by atoms with Crippen LogP contribution in [0.1, 0.15) is 30.7 Å². The zero-order valence-electron chi connectivity index (χ0n) is 27.3. The van der Waals surface area contributed by atoms with Gasteiger partial charge in [0, 0.05) is 34.7 Å². The first-order valence-corrected chi connectivity index (χ1v) is 17.5. The van der Waals surface area contributed by atoms with Crippen LogP contribution in [0.3, 0.4) is 0 Å². The highest BCUT2D eigenvalue weighted by atomic mass is 35.5. The number of hydrogen-bond acceptors (Lipinski definition) is 11. The summed E-state index contributed by atoms with van der Waals surface area (Å²) in [6, 6.07) is 6.89. The van der Waals surface area contributed by atoms with E-state index in [1.807, 2.05) is 22.9 Å². The van der Waals surface area contributed by atoms with Crippen molar-refractivity contribution in [3.05, 3.63) is 87.2 Å². The fraction of sp³-hybridized carbons (Fsp3) is 0.250. The second kappa shape index (κ2) is 13.9. The zero-order chi connectivity index (χ0) is 37.6. The third-order valence-corrected chi connectivity index (χ3v) is 10.7. The number of halogens is 2. The van der Waals surface area contributed by atoms with Crippen molar-refractivity contribution in [2.24, 2.45) is 10.9 Å². The molecule has 0 saturated carbocycles. The van der Waals surface area contributed by atoms with Gasteiger partial charge in [-0.15, -0.1) is 11.8 Å². The Morgan fingerprint density at radius 3 is 2.65 bits per heavy atom. The van der Waals surface area contributed by atoms with Crippen LogP contribution in [0.25, 0.3) is 10.9 Å². The van der Waals surface area contributed by atoms with Crippen molar-refractivity contribution in [3.63, 3.8) is 0 Å². The van der Waals surface area contributed by atoms with Gasteiger partial charge in [0.05, 0.1) is 17.4 Å². The van der Waals surface area contributed by atoms with Gasteiger partial charge in [0.2, 0.25) is 5.60 Å². The Hall–Kier alpha value is -5.53. The number of aromatic nitrogens is 3. The summed E-state index contributed by atoms with van der Waals surface area (Å²) >= 11 is 8.30. The van der Waals surface area contributed by atoms with Crippen LogP contribution in [0.2, 0.25) is 4.34 Å². The minimum atomic E-state index is -1.84. The van der Waals surface area contributed by atoms with Crippen LogP contribution in [0.15, 0.2) is 65.3 Å². The maximum absolute atomic E-state index is 14.7. The topological polar surface area (TPSA) is 243 Å². The summed E-state index contributed by atoms with van der Waals surface area (Å²) in [6.45, 7) is 2.79. The number of aliphatic carboxylic acids is 2. The molecule has 270 valence electrons. The Kier molecular flexibility index (Phi) is 9.69. The molecule has 52 heavy (non-hydrogen) atoms. The maximum Gasteiger partial charge on any atom is 0.352 e. The van der Waals surface area contributed by atoms with E-state index in [0.717, 1.165) is 27.1 Å². The first-order chi connectivity index (χ1) is 24.5. The van der Waals surface area contributed by atoms with Gasteiger partial charge in [0.25, 0.3) is 11.8 Å². The van der Waals surface area contributed by atoms with Crippen molar-refractivity contribution in [1.29, 1.82) is 5.41 Å². The van der Waals surface area contributed by atoms with Gasteiger partial charge in [-0.2, -0.15) is 0 Å². The molecule has 5 heterocycles. The average molecular weight is 771 g/mol. The van der Waals surface area contributed by atoms with Crippen LogP contribution in [0.4, 0.5) is 9.52 Å². The number of anilines is 1. The largest absolute Gasteiger partial charge is 0.478 e. The number of pyridine rings is 1. The molecule has 8 N–H and O–H groups in total. The van der Waals surface area contributed by atoms with Gasteiger partial charge < -0.3 is 36.4 Å². The monoisotopic (exact) mass is 770 g/mol. The second-order valence-corrected chi connectivity index (χ2v) is 15.0. The predicted octanol–water partition coefficient (Wildman–Crippen LogP) is 2.12. The number of thiazole rings is 1. The molecule has 0 aliphatic carbocycles. The lowest BCUT2D eigenvalue weighted by molar-refractivity contribution is -0.687. The Labute approximate surface area is 307 Å². The highest BCUT2D eigenvalue weighted by molar-refractivity contribution is 8.00. The summed E-state index contributed by atoms with van der Waals surface area (Å²) in [4.78, 5) is 61.2. The van der Waals surface area contributed by atoms with Crippen molar-refractivity contribution >= 4 is 86.0 Å². The van der Waals surface area contributed by atoms with Crippen molar-refractivity contribution in [3.8, 4) is 0 Å². The van der Waals surface area contributed by atoms with E-state index in [2.05, 4.69) is 15.5 Å². The normalized spacial score (nSPS) is 17.5. The number of oxime groups is 1. The fourth-order valence-corrected chi connectivity index (χ4v) is 7.81. The second-order valence-electron chi connectivity index (χ2n) is 12.3. The number of carbonyl (C=O) groups excluding carboxylic acids is 2. The molecule has 1 aromatic carbocycles. The van der Waals surface area contributed by atoms with Crippen molar-refractivity contribution in [2.45, 2.75) is 44.0 Å². The lowest BCUT2D eigenvalue weighted by Crippen LogP contribution is -2.71. The van der Waals surface area contributed by atoms with E-state index in [1.54, 1.807) is 29.1 Å². The Morgan fingerprint density at radius 2 is 2.02 bits per heavy atom. The van der Waals surface area contributed by atoms with E-state index in [9.17, 15) is 33.8 Å². The van der Waals surface area contributed by atoms with E-state index in [4.69, 9.17) is 33.3 Å². The molecule has 4 aromatic rings. The van der Waals surface area contributed by atoms with Crippen LogP contribution in [0.5, 0.6) is 0 Å². The lowest BCUT2D eigenvalue weighted by Gasteiger charge is -2.49. The number of carboxylic acid groups (broad SMARTS) is 2. The maximum atomic E-state index is 14.7. The molecular weight excluding hydrogens is 741 g/mol. The van der Waals surface area contributed by atoms with E-state index < -0.39 is 52.3 Å². The fourth-order valence-electron chi connectivity index (χ4n) is 5.54. The summed E-state index contributed by atoms with van der Waals surface area (Å²) in [5.41, 5.74) is 10.4. The first-order valence-electron chi connectivity index (χ1n) is 15.3. The van der Waals surface area contributed by atoms with Gasteiger partial charge in [-0.25, -0.2) is 23.5 Å². The number of carbonyl (C=O) groups is 4. The number of benzene rings is 1. The summed E-state index contributed by atoms with van der Waals surface area (Å²) in [5.74, 6) is -4.83. The zero-order valence-corrected chi connectivity index (χ0v) is 29.7. The Morgan fingerprint density at radius 1 is 1.27 bits per heavy atom. The number of amides is 2. The number of carboxylic acids is 2. The van der Waals surface area contributed by atoms with Crippen LogP contribution >= 0.6 is 34.7 Å². The summed E-state index contributed by atoms with van der Waals surface area (Å²) in [5, 5.41) is 33.4. The average Bonchev–Trinajstić information content (AvgIpc) is 3.64. The number of thioether (sulfide) groups is 1. The minimum absolute atomic E-state index is 0.00206. The predicted molar refractivity (Wildman–Crippen MR) is 189 cm³/mol. The SMILES string of the molecule is CC(C)(ON=C(C(=O)N[C@@H]1C(=O)N2C(C(=O)O)=C(C[n+]3ccc4c(ccn4Cc4ccc(C(=N)N)cc4F)c3)CS[C@H]12)c1nc(N)sc1Cl)C(=O)O. The van der Waals surface area contributed by atoms with Crippen molar-refractivity contribution < 1.29 is 43.2 Å². The Balaban J connectivity index is 1.19. The van der Waals surface area contributed by atoms with Crippen LogP contribution < -0.4 is 21.4 Å². The van der Waals surface area contributed by atoms with Crippen LogP contribution in [-0.4, -0.2) is 82.7 Å². The molecule has 16 nitrogen and oxygen atoms in total. The number of fused-ring (bicyclic) bond motifs is 2. The molecule has 3 aromatic heterocycles. The molecule has 6 rings (SSSR count). The van der Waals surface area contributed by atoms with E-state index in [-0.39, 0.29) is 51.1 Å². The van der Waals surface area contributed by atoms with Gasteiger partial charge in [0.1, 0.15) is 38.8 Å². The third-order valence-electron chi connectivity index (χ3n) is 8.30. The van der Waals surface area contributed by atoms with Gasteiger partial charge >= 0.3 is 11.9 Å². The molecule has 2 atom stereocenters. The highest BCUT2D eigenvalue weighted by Gasteiger charge is 2.55. The molecule has 1 fully saturated rings. The van der Waals surface area contributed by atoms with Gasteiger partial charge in [-0.05, 0) is 26.0 Å². The van der Waals surface area contributed by atoms with Crippen molar-refractivity contribution in [1.82, 2.24) is 19.8 Å². The number of nitrogen functional groups attached to an aromatic ring is 2. The summed E-state index contributed by atoms with van der Waals surface area (Å²) < 4.78 is 18.3. The minimum Gasteiger partial charge on any atom is -0.478 e. The number of β-lactam (4-membered cyclic amide) rings is 1. The molecule has 0 bridgehead atoms. The van der Waals surface area contributed by atoms with Gasteiger partial charge in [-0.3, -0.25) is 19.9 Å². The van der Waals surface area contributed by atoms with E-state index in [1.165, 1.54) is 31.7 Å².